The van der Waals surface area contributed by atoms with Crippen molar-refractivity contribution >= 4 is 15.9 Å². The number of alkyl halides is 1. The highest BCUT2D eigenvalue weighted by Crippen LogP contribution is 2.42. The molecule has 21 heavy (non-hydrogen) atoms. The normalized spacial score (nSPS) is 15.0. The lowest BCUT2D eigenvalue weighted by Gasteiger charge is -2.33. The summed E-state index contributed by atoms with van der Waals surface area (Å²) in [6.45, 7) is 1.70. The lowest BCUT2D eigenvalue weighted by atomic mass is 9.70. The van der Waals surface area contributed by atoms with Gasteiger partial charge in [-0.1, -0.05) is 59.3 Å². The van der Waals surface area contributed by atoms with Crippen molar-refractivity contribution < 1.29 is 8.78 Å². The van der Waals surface area contributed by atoms with Crippen LogP contribution in [0.1, 0.15) is 24.0 Å². The van der Waals surface area contributed by atoms with Crippen LogP contribution in [0.5, 0.6) is 0 Å². The zero-order valence-electron chi connectivity index (χ0n) is 11.5. The molecule has 0 aliphatic heterocycles. The van der Waals surface area contributed by atoms with Crippen LogP contribution in [0.4, 0.5) is 8.78 Å². The Kier molecular flexibility index (Phi) is 4.74. The summed E-state index contributed by atoms with van der Waals surface area (Å²) in [7, 11) is 0. The van der Waals surface area contributed by atoms with E-state index in [1.807, 2.05) is 18.2 Å². The zero-order valence-corrected chi connectivity index (χ0v) is 13.1. The molecule has 1 nitrogen and oxygen atoms in total. The summed E-state index contributed by atoms with van der Waals surface area (Å²) in [5.41, 5.74) is -0.326. The van der Waals surface area contributed by atoms with Crippen molar-refractivity contribution in [3.63, 3.8) is 0 Å². The highest BCUT2D eigenvalue weighted by molar-refractivity contribution is 9.09. The van der Waals surface area contributed by atoms with Gasteiger partial charge in [0.2, 0.25) is 0 Å². The van der Waals surface area contributed by atoms with Gasteiger partial charge in [0.15, 0.2) is 0 Å². The van der Waals surface area contributed by atoms with Crippen LogP contribution in [-0.2, 0) is 5.41 Å². The summed E-state index contributed by atoms with van der Waals surface area (Å²) in [6, 6.07) is 15.0. The molecule has 2 rings (SSSR count). The molecule has 0 radical (unpaired) electrons. The summed E-state index contributed by atoms with van der Waals surface area (Å²) in [5.74, 6) is -1.93. The fourth-order valence-corrected chi connectivity index (χ4v) is 3.17. The Bertz CT molecular complexity index is 646. The van der Waals surface area contributed by atoms with E-state index < -0.39 is 23.0 Å². The second-order valence-electron chi connectivity index (χ2n) is 5.12. The van der Waals surface area contributed by atoms with Crippen molar-refractivity contribution in [1.29, 1.82) is 5.26 Å². The average molecular weight is 350 g/mol. The minimum absolute atomic E-state index is 0.0581. The van der Waals surface area contributed by atoms with Gasteiger partial charge in [-0.25, -0.2) is 8.78 Å². The first-order chi connectivity index (χ1) is 10.0. The van der Waals surface area contributed by atoms with Gasteiger partial charge in [0.25, 0.3) is 0 Å². The molecular weight excluding hydrogens is 336 g/mol. The van der Waals surface area contributed by atoms with Crippen LogP contribution in [0.15, 0.2) is 48.5 Å². The number of benzene rings is 2. The summed E-state index contributed by atoms with van der Waals surface area (Å²) < 4.78 is 28.3. The van der Waals surface area contributed by atoms with E-state index in [1.54, 1.807) is 19.1 Å². The van der Waals surface area contributed by atoms with Gasteiger partial charge in [0.1, 0.15) is 11.6 Å². The van der Waals surface area contributed by atoms with Crippen molar-refractivity contribution in [3.8, 4) is 6.07 Å². The number of hydrogen-bond acceptors (Lipinski definition) is 1. The number of halogens is 3. The number of nitrogens with zero attached hydrogens (tertiary/aromatic N) is 1. The van der Waals surface area contributed by atoms with E-state index in [1.165, 1.54) is 18.2 Å². The maximum atomic E-state index is 14.2. The molecule has 0 saturated heterocycles. The lowest BCUT2D eigenvalue weighted by Crippen LogP contribution is -2.34. The fourth-order valence-electron chi connectivity index (χ4n) is 2.56. The average Bonchev–Trinajstić information content (AvgIpc) is 2.49. The Hall–Kier alpha value is -1.73. The third-order valence-corrected chi connectivity index (χ3v) is 4.88. The first-order valence-corrected chi connectivity index (χ1v) is 7.61. The minimum Gasteiger partial charge on any atom is -0.207 e. The molecule has 108 valence electrons. The van der Waals surface area contributed by atoms with Crippen LogP contribution in [0.2, 0.25) is 0 Å². The first-order valence-electron chi connectivity index (χ1n) is 6.49. The number of rotatable bonds is 4. The van der Waals surface area contributed by atoms with Gasteiger partial charge in [-0.2, -0.15) is 5.26 Å². The molecule has 0 fully saturated rings. The first kappa shape index (κ1) is 15.7. The number of nitriles is 1. The minimum atomic E-state index is -1.01. The third-order valence-electron chi connectivity index (χ3n) is 3.71. The van der Waals surface area contributed by atoms with Crippen molar-refractivity contribution in [2.75, 3.05) is 5.33 Å². The van der Waals surface area contributed by atoms with E-state index >= 15 is 0 Å². The molecule has 0 saturated carbocycles. The summed E-state index contributed by atoms with van der Waals surface area (Å²) in [4.78, 5) is 0. The van der Waals surface area contributed by atoms with Crippen LogP contribution in [0, 0.1) is 23.0 Å². The second-order valence-corrected chi connectivity index (χ2v) is 5.68. The largest absolute Gasteiger partial charge is 0.207 e. The van der Waals surface area contributed by atoms with Gasteiger partial charge in [-0.05, 0) is 17.7 Å². The topological polar surface area (TPSA) is 23.8 Å². The van der Waals surface area contributed by atoms with E-state index in [4.69, 9.17) is 0 Å². The van der Waals surface area contributed by atoms with Crippen molar-refractivity contribution in [3.05, 3.63) is 71.3 Å². The molecule has 0 heterocycles. The quantitative estimate of drug-likeness (QED) is 0.718. The molecule has 2 aromatic rings. The zero-order chi connectivity index (χ0) is 15.5. The van der Waals surface area contributed by atoms with E-state index in [2.05, 4.69) is 22.0 Å². The molecule has 0 aromatic heterocycles. The van der Waals surface area contributed by atoms with Crippen molar-refractivity contribution in [2.45, 2.75) is 18.3 Å². The number of hydrogen-bond donors (Lipinski definition) is 0. The molecule has 4 heteroatoms. The van der Waals surface area contributed by atoms with Crippen LogP contribution >= 0.6 is 15.9 Å². The Morgan fingerprint density at radius 1 is 1.10 bits per heavy atom. The Balaban J connectivity index is 2.63. The van der Waals surface area contributed by atoms with E-state index in [0.717, 1.165) is 5.56 Å². The van der Waals surface area contributed by atoms with Gasteiger partial charge in [0, 0.05) is 16.3 Å². The van der Waals surface area contributed by atoms with Gasteiger partial charge < -0.3 is 0 Å². The maximum absolute atomic E-state index is 14.2. The smallest absolute Gasteiger partial charge is 0.129 e. The Labute approximate surface area is 131 Å². The second kappa shape index (κ2) is 6.36. The molecule has 0 aliphatic rings. The maximum Gasteiger partial charge on any atom is 0.129 e. The molecule has 2 aromatic carbocycles. The molecule has 0 aliphatic carbocycles. The highest BCUT2D eigenvalue weighted by Gasteiger charge is 2.40. The molecule has 0 N–H and O–H groups in total. The van der Waals surface area contributed by atoms with E-state index in [9.17, 15) is 14.0 Å². The van der Waals surface area contributed by atoms with E-state index in [0.29, 0.717) is 0 Å². The Morgan fingerprint density at radius 2 is 1.67 bits per heavy atom. The van der Waals surface area contributed by atoms with Crippen LogP contribution in [0.3, 0.4) is 0 Å². The van der Waals surface area contributed by atoms with Crippen molar-refractivity contribution in [2.24, 2.45) is 0 Å². The van der Waals surface area contributed by atoms with Gasteiger partial charge in [-0.15, -0.1) is 0 Å². The van der Waals surface area contributed by atoms with E-state index in [-0.39, 0.29) is 10.9 Å². The third kappa shape index (κ3) is 2.84. The predicted octanol–water partition coefficient (Wildman–Crippen LogP) is 4.92. The fraction of sp³-hybridized carbons (Fsp3) is 0.235. The standard InChI is InChI=1S/C17H14BrF2N/c1-17(11-18,16-14(19)8-5-9-15(16)20)13(10-21)12-6-3-2-4-7-12/h2-9,13H,11H2,1H3. The monoisotopic (exact) mass is 349 g/mol. The SMILES string of the molecule is CC(CBr)(c1c(F)cccc1F)C(C#N)c1ccccc1. The van der Waals surface area contributed by atoms with Gasteiger partial charge in [0.05, 0.1) is 12.0 Å². The summed E-state index contributed by atoms with van der Waals surface area (Å²) in [6.07, 6.45) is 0. The van der Waals surface area contributed by atoms with Gasteiger partial charge >= 0.3 is 0 Å². The molecule has 0 amide bonds. The molecule has 2 atom stereocenters. The lowest BCUT2D eigenvalue weighted by molar-refractivity contribution is 0.426. The highest BCUT2D eigenvalue weighted by atomic mass is 79.9. The summed E-state index contributed by atoms with van der Waals surface area (Å²) in [5, 5.41) is 9.84. The van der Waals surface area contributed by atoms with Crippen LogP contribution in [-0.4, -0.2) is 5.33 Å². The van der Waals surface area contributed by atoms with Crippen LogP contribution in [0.25, 0.3) is 0 Å². The molecular formula is C17H14BrF2N. The van der Waals surface area contributed by atoms with Gasteiger partial charge in [-0.3, -0.25) is 0 Å². The van der Waals surface area contributed by atoms with Crippen LogP contribution < -0.4 is 0 Å². The predicted molar refractivity (Wildman–Crippen MR) is 82.3 cm³/mol. The van der Waals surface area contributed by atoms with Crippen molar-refractivity contribution in [1.82, 2.24) is 0 Å². The molecule has 0 spiro atoms. The molecule has 0 bridgehead atoms. The summed E-state index contributed by atoms with van der Waals surface area (Å²) >= 11 is 3.33. The molecule has 2 unspecified atom stereocenters. The Morgan fingerprint density at radius 3 is 2.14 bits per heavy atom.